The maximum absolute atomic E-state index is 12.8. The number of hydrogen-bond acceptors (Lipinski definition) is 3. The SMILES string of the molecule is Cc1cc(C)c2c(=O)n(-c3ccccc3)c(C)nc2n1. The molecule has 2 aromatic heterocycles. The van der Waals surface area contributed by atoms with Crippen LogP contribution in [0.4, 0.5) is 0 Å². The molecule has 4 heteroatoms. The predicted molar refractivity (Wildman–Crippen MR) is 79.3 cm³/mol. The van der Waals surface area contributed by atoms with Crippen LogP contribution in [0.5, 0.6) is 0 Å². The maximum atomic E-state index is 12.8. The van der Waals surface area contributed by atoms with Gasteiger partial charge in [-0.1, -0.05) is 18.2 Å². The molecule has 0 aliphatic carbocycles. The summed E-state index contributed by atoms with van der Waals surface area (Å²) in [7, 11) is 0. The molecule has 0 aliphatic rings. The van der Waals surface area contributed by atoms with Gasteiger partial charge in [-0.25, -0.2) is 9.97 Å². The molecular weight excluding hydrogens is 250 g/mol. The first-order valence-electron chi connectivity index (χ1n) is 6.51. The summed E-state index contributed by atoms with van der Waals surface area (Å²) < 4.78 is 1.63. The van der Waals surface area contributed by atoms with Gasteiger partial charge in [0.15, 0.2) is 5.65 Å². The first kappa shape index (κ1) is 12.5. The Morgan fingerprint density at radius 1 is 1.00 bits per heavy atom. The van der Waals surface area contributed by atoms with E-state index in [0.717, 1.165) is 16.9 Å². The average Bonchev–Trinajstić information content (AvgIpc) is 2.38. The fourth-order valence-corrected chi connectivity index (χ4v) is 2.51. The van der Waals surface area contributed by atoms with E-state index in [1.807, 2.05) is 57.2 Å². The average molecular weight is 265 g/mol. The molecule has 0 spiro atoms. The lowest BCUT2D eigenvalue weighted by molar-refractivity contribution is 0.886. The number of rotatable bonds is 1. The van der Waals surface area contributed by atoms with Crippen LogP contribution in [-0.2, 0) is 0 Å². The molecule has 100 valence electrons. The second-order valence-corrected chi connectivity index (χ2v) is 4.91. The van der Waals surface area contributed by atoms with E-state index >= 15 is 0 Å². The van der Waals surface area contributed by atoms with E-state index in [4.69, 9.17) is 0 Å². The van der Waals surface area contributed by atoms with Gasteiger partial charge in [0.2, 0.25) is 0 Å². The second kappa shape index (κ2) is 4.56. The third-order valence-electron chi connectivity index (χ3n) is 3.35. The quantitative estimate of drug-likeness (QED) is 0.679. The lowest BCUT2D eigenvalue weighted by atomic mass is 10.1. The predicted octanol–water partition coefficient (Wildman–Crippen LogP) is 2.71. The molecular formula is C16H15N3O. The van der Waals surface area contributed by atoms with E-state index in [1.165, 1.54) is 0 Å². The third-order valence-corrected chi connectivity index (χ3v) is 3.35. The smallest absolute Gasteiger partial charge is 0.267 e. The first-order valence-corrected chi connectivity index (χ1v) is 6.51. The van der Waals surface area contributed by atoms with Crippen molar-refractivity contribution in [2.75, 3.05) is 0 Å². The highest BCUT2D eigenvalue weighted by atomic mass is 16.1. The van der Waals surface area contributed by atoms with E-state index in [9.17, 15) is 4.79 Å². The molecule has 3 rings (SSSR count). The molecule has 0 fully saturated rings. The van der Waals surface area contributed by atoms with Crippen molar-refractivity contribution < 1.29 is 0 Å². The minimum atomic E-state index is -0.0660. The molecule has 0 aliphatic heterocycles. The van der Waals surface area contributed by atoms with Gasteiger partial charge in [-0.2, -0.15) is 0 Å². The lowest BCUT2D eigenvalue weighted by Gasteiger charge is -2.11. The van der Waals surface area contributed by atoms with E-state index in [0.29, 0.717) is 16.9 Å². The molecule has 20 heavy (non-hydrogen) atoms. The zero-order chi connectivity index (χ0) is 14.3. The van der Waals surface area contributed by atoms with Gasteiger partial charge >= 0.3 is 0 Å². The van der Waals surface area contributed by atoms with Crippen molar-refractivity contribution in [3.05, 3.63) is 63.8 Å². The molecule has 2 heterocycles. The van der Waals surface area contributed by atoms with Crippen LogP contribution in [0.25, 0.3) is 16.7 Å². The Kier molecular flexibility index (Phi) is 2.86. The summed E-state index contributed by atoms with van der Waals surface area (Å²) in [5.74, 6) is 0.645. The van der Waals surface area contributed by atoms with Crippen LogP contribution in [0.2, 0.25) is 0 Å². The maximum Gasteiger partial charge on any atom is 0.267 e. The summed E-state index contributed by atoms with van der Waals surface area (Å²) >= 11 is 0. The largest absolute Gasteiger partial charge is 0.268 e. The van der Waals surface area contributed by atoms with Crippen LogP contribution in [0, 0.1) is 20.8 Å². The van der Waals surface area contributed by atoms with Crippen molar-refractivity contribution in [2.45, 2.75) is 20.8 Å². The van der Waals surface area contributed by atoms with Gasteiger partial charge < -0.3 is 0 Å². The van der Waals surface area contributed by atoms with Crippen LogP contribution in [0.1, 0.15) is 17.1 Å². The fraction of sp³-hybridized carbons (Fsp3) is 0.188. The first-order chi connectivity index (χ1) is 9.58. The summed E-state index contributed by atoms with van der Waals surface area (Å²) in [4.78, 5) is 21.6. The van der Waals surface area contributed by atoms with E-state index < -0.39 is 0 Å². The van der Waals surface area contributed by atoms with Crippen LogP contribution >= 0.6 is 0 Å². The Labute approximate surface area is 116 Å². The van der Waals surface area contributed by atoms with Gasteiger partial charge in [-0.3, -0.25) is 9.36 Å². The summed E-state index contributed by atoms with van der Waals surface area (Å²) in [5, 5.41) is 0.588. The zero-order valence-corrected chi connectivity index (χ0v) is 11.7. The van der Waals surface area contributed by atoms with Gasteiger partial charge in [0.25, 0.3) is 5.56 Å². The van der Waals surface area contributed by atoms with Crippen molar-refractivity contribution in [2.24, 2.45) is 0 Å². The van der Waals surface area contributed by atoms with Crippen molar-refractivity contribution in [3.8, 4) is 5.69 Å². The number of hydrogen-bond donors (Lipinski definition) is 0. The lowest BCUT2D eigenvalue weighted by Crippen LogP contribution is -2.23. The Bertz CT molecular complexity index is 851. The molecule has 0 radical (unpaired) electrons. The van der Waals surface area contributed by atoms with Gasteiger partial charge in [0.1, 0.15) is 5.82 Å². The topological polar surface area (TPSA) is 47.8 Å². The number of fused-ring (bicyclic) bond motifs is 1. The van der Waals surface area contributed by atoms with Gasteiger partial charge in [-0.15, -0.1) is 0 Å². The number of aryl methyl sites for hydroxylation is 3. The van der Waals surface area contributed by atoms with Crippen molar-refractivity contribution in [3.63, 3.8) is 0 Å². The summed E-state index contributed by atoms with van der Waals surface area (Å²) in [6.07, 6.45) is 0. The zero-order valence-electron chi connectivity index (χ0n) is 11.7. The van der Waals surface area contributed by atoms with Gasteiger partial charge in [0, 0.05) is 5.69 Å². The van der Waals surface area contributed by atoms with Gasteiger partial charge in [-0.05, 0) is 44.5 Å². The van der Waals surface area contributed by atoms with Crippen molar-refractivity contribution in [1.29, 1.82) is 0 Å². The highest BCUT2D eigenvalue weighted by molar-refractivity contribution is 5.78. The third kappa shape index (κ3) is 1.90. The van der Waals surface area contributed by atoms with Gasteiger partial charge in [0.05, 0.1) is 11.1 Å². The van der Waals surface area contributed by atoms with E-state index in [2.05, 4.69) is 9.97 Å². The van der Waals surface area contributed by atoms with Crippen molar-refractivity contribution in [1.82, 2.24) is 14.5 Å². The molecule has 0 amide bonds. The molecule has 0 saturated heterocycles. The van der Waals surface area contributed by atoms with Crippen molar-refractivity contribution >= 4 is 11.0 Å². The van der Waals surface area contributed by atoms with Crippen LogP contribution in [-0.4, -0.2) is 14.5 Å². The molecule has 0 bridgehead atoms. The summed E-state index contributed by atoms with van der Waals surface area (Å²) in [6, 6.07) is 11.5. The normalized spacial score (nSPS) is 10.9. The Morgan fingerprint density at radius 3 is 2.40 bits per heavy atom. The number of benzene rings is 1. The number of nitrogens with zero attached hydrogens (tertiary/aromatic N) is 3. The molecule has 0 atom stereocenters. The minimum absolute atomic E-state index is 0.0660. The van der Waals surface area contributed by atoms with Crippen LogP contribution in [0.3, 0.4) is 0 Å². The Balaban J connectivity index is 2.44. The highest BCUT2D eigenvalue weighted by Gasteiger charge is 2.12. The Morgan fingerprint density at radius 2 is 1.70 bits per heavy atom. The monoisotopic (exact) mass is 265 g/mol. The highest BCUT2D eigenvalue weighted by Crippen LogP contribution is 2.15. The number of pyridine rings is 1. The standard InChI is InChI=1S/C16H15N3O/c1-10-9-11(2)17-15-14(10)16(20)19(12(3)18-15)13-7-5-4-6-8-13/h4-9H,1-3H3. The molecule has 0 N–H and O–H groups in total. The molecule has 0 saturated carbocycles. The Hall–Kier alpha value is -2.49. The second-order valence-electron chi connectivity index (χ2n) is 4.91. The minimum Gasteiger partial charge on any atom is -0.268 e. The molecule has 3 aromatic rings. The molecule has 4 nitrogen and oxygen atoms in total. The molecule has 0 unspecified atom stereocenters. The summed E-state index contributed by atoms with van der Waals surface area (Å²) in [6.45, 7) is 5.66. The molecule has 1 aromatic carbocycles. The van der Waals surface area contributed by atoms with E-state index in [-0.39, 0.29) is 5.56 Å². The number of para-hydroxylation sites is 1. The van der Waals surface area contributed by atoms with Crippen LogP contribution in [0.15, 0.2) is 41.2 Å². The number of aromatic nitrogens is 3. The fourth-order valence-electron chi connectivity index (χ4n) is 2.51. The van der Waals surface area contributed by atoms with E-state index in [1.54, 1.807) is 4.57 Å². The van der Waals surface area contributed by atoms with Crippen LogP contribution < -0.4 is 5.56 Å². The summed E-state index contributed by atoms with van der Waals surface area (Å²) in [5.41, 5.74) is 3.07.